The van der Waals surface area contributed by atoms with Gasteiger partial charge in [0, 0.05) is 25.7 Å². The molecule has 2 aliphatic rings. The van der Waals surface area contributed by atoms with Gasteiger partial charge in [0.05, 0.1) is 12.6 Å². The van der Waals surface area contributed by atoms with E-state index in [1.165, 1.54) is 6.42 Å². The summed E-state index contributed by atoms with van der Waals surface area (Å²) in [6, 6.07) is 2.12. The average Bonchev–Trinajstić information content (AvgIpc) is 3.22. The van der Waals surface area contributed by atoms with Gasteiger partial charge in [-0.2, -0.15) is 5.10 Å². The summed E-state index contributed by atoms with van der Waals surface area (Å²) < 4.78 is 4.06. The highest BCUT2D eigenvalue weighted by Gasteiger charge is 2.19. The van der Waals surface area contributed by atoms with Crippen molar-refractivity contribution in [2.45, 2.75) is 57.7 Å². The van der Waals surface area contributed by atoms with Crippen LogP contribution in [0.2, 0.25) is 0 Å². The Morgan fingerprint density at radius 2 is 2.24 bits per heavy atom. The molecular weight excluding hydrogens is 318 g/mol. The van der Waals surface area contributed by atoms with Gasteiger partial charge in [0.15, 0.2) is 5.82 Å². The van der Waals surface area contributed by atoms with Gasteiger partial charge in [0.2, 0.25) is 0 Å². The van der Waals surface area contributed by atoms with Crippen LogP contribution in [-0.2, 0) is 19.5 Å². The number of nitrogens with zero attached hydrogens (tertiary/aromatic N) is 5. The molecular formula is C17H25N7O. The predicted molar refractivity (Wildman–Crippen MR) is 92.1 cm³/mol. The van der Waals surface area contributed by atoms with Gasteiger partial charge in [-0.05, 0) is 38.3 Å². The Balaban J connectivity index is 1.38. The van der Waals surface area contributed by atoms with Gasteiger partial charge in [0.25, 0.3) is 5.91 Å². The maximum absolute atomic E-state index is 12.4. The van der Waals surface area contributed by atoms with Gasteiger partial charge >= 0.3 is 0 Å². The molecule has 2 aromatic rings. The normalized spacial score (nSPS) is 20.7. The lowest BCUT2D eigenvalue weighted by Crippen LogP contribution is -2.32. The standard InChI is InChI=1S/C17H25N7O/c25-17(14-7-10-24(22-14)13-5-4-8-18-11-13)19-12-16-21-20-15-6-2-1-3-9-23(15)16/h7,10,13,18H,1-6,8-9,11-12H2,(H,19,25). The van der Waals surface area contributed by atoms with Crippen LogP contribution in [-0.4, -0.2) is 43.5 Å². The van der Waals surface area contributed by atoms with E-state index in [4.69, 9.17) is 0 Å². The first-order valence-electron chi connectivity index (χ1n) is 9.26. The molecule has 0 spiro atoms. The van der Waals surface area contributed by atoms with Crippen LogP contribution in [0, 0.1) is 0 Å². The monoisotopic (exact) mass is 343 g/mol. The first kappa shape index (κ1) is 16.3. The zero-order valence-electron chi connectivity index (χ0n) is 14.4. The molecule has 0 radical (unpaired) electrons. The number of aromatic nitrogens is 5. The molecule has 1 unspecified atom stereocenters. The number of aryl methyl sites for hydroxylation is 1. The third-order valence-electron chi connectivity index (χ3n) is 5.08. The molecule has 0 saturated carbocycles. The van der Waals surface area contributed by atoms with Crippen molar-refractivity contribution in [3.05, 3.63) is 29.6 Å². The van der Waals surface area contributed by atoms with E-state index in [0.29, 0.717) is 18.3 Å². The van der Waals surface area contributed by atoms with E-state index in [9.17, 15) is 4.79 Å². The number of nitrogens with one attached hydrogen (secondary N) is 2. The van der Waals surface area contributed by atoms with Crippen molar-refractivity contribution in [3.8, 4) is 0 Å². The smallest absolute Gasteiger partial charge is 0.272 e. The summed E-state index contributed by atoms with van der Waals surface area (Å²) >= 11 is 0. The van der Waals surface area contributed by atoms with Gasteiger partial charge < -0.3 is 15.2 Å². The van der Waals surface area contributed by atoms with Crippen molar-refractivity contribution in [3.63, 3.8) is 0 Å². The van der Waals surface area contributed by atoms with E-state index in [1.54, 1.807) is 6.07 Å². The Bertz CT molecular complexity index is 729. The minimum atomic E-state index is -0.159. The Kier molecular flexibility index (Phi) is 4.78. The zero-order chi connectivity index (χ0) is 17.1. The Labute approximate surface area is 147 Å². The molecule has 134 valence electrons. The van der Waals surface area contributed by atoms with Gasteiger partial charge in [-0.1, -0.05) is 6.42 Å². The number of fused-ring (bicyclic) bond motifs is 1. The highest BCUT2D eigenvalue weighted by Crippen LogP contribution is 2.16. The summed E-state index contributed by atoms with van der Waals surface area (Å²) in [6.07, 6.45) is 8.65. The highest BCUT2D eigenvalue weighted by atomic mass is 16.1. The van der Waals surface area contributed by atoms with E-state index in [-0.39, 0.29) is 5.91 Å². The molecule has 8 nitrogen and oxygen atoms in total. The fraction of sp³-hybridized carbons (Fsp3) is 0.647. The number of amides is 1. The predicted octanol–water partition coefficient (Wildman–Crippen LogP) is 1.06. The second-order valence-electron chi connectivity index (χ2n) is 6.86. The third kappa shape index (κ3) is 3.58. The van der Waals surface area contributed by atoms with Crippen molar-refractivity contribution in [2.75, 3.05) is 13.1 Å². The number of hydrogen-bond donors (Lipinski definition) is 2. The van der Waals surface area contributed by atoms with Crippen molar-refractivity contribution in [1.29, 1.82) is 0 Å². The quantitative estimate of drug-likeness (QED) is 0.866. The lowest BCUT2D eigenvalue weighted by atomic mass is 10.1. The molecule has 1 atom stereocenters. The molecule has 0 bridgehead atoms. The molecule has 0 aliphatic carbocycles. The second-order valence-corrected chi connectivity index (χ2v) is 6.86. The zero-order valence-corrected chi connectivity index (χ0v) is 14.4. The van der Waals surface area contributed by atoms with Crippen LogP contribution in [0.5, 0.6) is 0 Å². The van der Waals surface area contributed by atoms with E-state index in [0.717, 1.165) is 63.4 Å². The van der Waals surface area contributed by atoms with Gasteiger partial charge in [-0.3, -0.25) is 9.48 Å². The van der Waals surface area contributed by atoms with Gasteiger partial charge in [-0.25, -0.2) is 0 Å². The van der Waals surface area contributed by atoms with E-state index in [1.807, 2.05) is 10.9 Å². The fourth-order valence-corrected chi connectivity index (χ4v) is 3.65. The summed E-state index contributed by atoms with van der Waals surface area (Å²) in [6.45, 7) is 3.31. The SMILES string of the molecule is O=C(NCc1nnc2n1CCCCC2)c1ccn(C2CCCNC2)n1. The molecule has 4 heterocycles. The maximum Gasteiger partial charge on any atom is 0.272 e. The first-order chi connectivity index (χ1) is 12.3. The van der Waals surface area contributed by atoms with Crippen LogP contribution in [0.25, 0.3) is 0 Å². The highest BCUT2D eigenvalue weighted by molar-refractivity contribution is 5.92. The minimum Gasteiger partial charge on any atom is -0.343 e. The Morgan fingerprint density at radius 1 is 1.28 bits per heavy atom. The van der Waals surface area contributed by atoms with E-state index < -0.39 is 0 Å². The van der Waals surface area contributed by atoms with Crippen LogP contribution in [0.4, 0.5) is 0 Å². The summed E-state index contributed by atoms with van der Waals surface area (Å²) in [7, 11) is 0. The summed E-state index contributed by atoms with van der Waals surface area (Å²) in [5.41, 5.74) is 0.459. The van der Waals surface area contributed by atoms with Crippen molar-refractivity contribution < 1.29 is 4.79 Å². The average molecular weight is 343 g/mol. The lowest BCUT2D eigenvalue weighted by molar-refractivity contribution is 0.0943. The molecule has 2 N–H and O–H groups in total. The van der Waals surface area contributed by atoms with Gasteiger partial charge in [-0.15, -0.1) is 10.2 Å². The maximum atomic E-state index is 12.4. The fourth-order valence-electron chi connectivity index (χ4n) is 3.65. The van der Waals surface area contributed by atoms with Crippen molar-refractivity contribution >= 4 is 5.91 Å². The van der Waals surface area contributed by atoms with Crippen molar-refractivity contribution in [1.82, 2.24) is 35.2 Å². The molecule has 8 heteroatoms. The molecule has 1 fully saturated rings. The van der Waals surface area contributed by atoms with Crippen LogP contribution in [0.1, 0.15) is 60.3 Å². The Morgan fingerprint density at radius 3 is 3.12 bits per heavy atom. The van der Waals surface area contributed by atoms with E-state index >= 15 is 0 Å². The van der Waals surface area contributed by atoms with Crippen molar-refractivity contribution in [2.24, 2.45) is 0 Å². The molecule has 2 aromatic heterocycles. The largest absolute Gasteiger partial charge is 0.343 e. The number of piperidine rings is 1. The van der Waals surface area contributed by atoms with Crippen LogP contribution in [0.15, 0.2) is 12.3 Å². The summed E-state index contributed by atoms with van der Waals surface area (Å²) in [5, 5.41) is 19.3. The van der Waals surface area contributed by atoms with Gasteiger partial charge in [0.1, 0.15) is 11.5 Å². The van der Waals surface area contributed by atoms with Crippen LogP contribution < -0.4 is 10.6 Å². The molecule has 25 heavy (non-hydrogen) atoms. The molecule has 1 saturated heterocycles. The number of carbonyl (C=O) groups is 1. The molecule has 1 amide bonds. The number of hydrogen-bond acceptors (Lipinski definition) is 5. The number of carbonyl (C=O) groups excluding carboxylic acids is 1. The molecule has 4 rings (SSSR count). The summed E-state index contributed by atoms with van der Waals surface area (Å²) in [4.78, 5) is 12.4. The third-order valence-corrected chi connectivity index (χ3v) is 5.08. The minimum absolute atomic E-state index is 0.159. The molecule has 2 aliphatic heterocycles. The topological polar surface area (TPSA) is 89.7 Å². The second kappa shape index (κ2) is 7.35. The van der Waals surface area contributed by atoms with Crippen LogP contribution in [0.3, 0.4) is 0 Å². The lowest BCUT2D eigenvalue weighted by Gasteiger charge is -2.22. The van der Waals surface area contributed by atoms with E-state index in [2.05, 4.69) is 30.5 Å². The van der Waals surface area contributed by atoms with Crippen LogP contribution >= 0.6 is 0 Å². The number of rotatable bonds is 4. The molecule has 0 aromatic carbocycles. The summed E-state index contributed by atoms with van der Waals surface area (Å²) in [5.74, 6) is 1.71. The first-order valence-corrected chi connectivity index (χ1v) is 9.26. The Hall–Kier alpha value is -2.22.